The van der Waals surface area contributed by atoms with Gasteiger partial charge in [-0.15, -0.1) is 0 Å². The Balaban J connectivity index is 1.27. The van der Waals surface area contributed by atoms with Crippen molar-refractivity contribution >= 4 is 22.9 Å². The molecule has 29 heavy (non-hydrogen) atoms. The van der Waals surface area contributed by atoms with Crippen LogP contribution in [0.5, 0.6) is 0 Å². The van der Waals surface area contributed by atoms with Gasteiger partial charge in [0.25, 0.3) is 5.91 Å². The van der Waals surface area contributed by atoms with Crippen LogP contribution in [0.15, 0.2) is 58.0 Å². The zero-order valence-corrected chi connectivity index (χ0v) is 15.9. The van der Waals surface area contributed by atoms with E-state index in [0.717, 1.165) is 12.8 Å². The number of carbonyl (C=O) groups excluding carboxylic acids is 2. The Labute approximate surface area is 167 Å². The molecule has 1 saturated heterocycles. The molecule has 150 valence electrons. The number of likely N-dealkylation sites (tertiary alicyclic amines) is 1. The molecule has 3 aromatic rings. The Morgan fingerprint density at radius 3 is 2.59 bits per heavy atom. The molecule has 1 N–H and O–H groups in total. The second-order valence-electron chi connectivity index (χ2n) is 7.20. The highest BCUT2D eigenvalue weighted by molar-refractivity contribution is 5.94. The maximum absolute atomic E-state index is 12.5. The van der Waals surface area contributed by atoms with Gasteiger partial charge in [0.05, 0.1) is 5.52 Å². The molecule has 2 amide bonds. The number of nitrogens with one attached hydrogen (secondary N) is 1. The number of hydrogen-bond donors (Lipinski definition) is 1. The second-order valence-corrected chi connectivity index (χ2v) is 7.20. The Morgan fingerprint density at radius 2 is 1.83 bits per heavy atom. The predicted molar refractivity (Wildman–Crippen MR) is 106 cm³/mol. The third-order valence-corrected chi connectivity index (χ3v) is 5.29. The Kier molecular flexibility index (Phi) is 5.41. The molecule has 1 fully saturated rings. The smallest absolute Gasteiger partial charge is 0.408 e. The van der Waals surface area contributed by atoms with Gasteiger partial charge in [0.2, 0.25) is 5.91 Å². The fourth-order valence-corrected chi connectivity index (χ4v) is 3.64. The highest BCUT2D eigenvalue weighted by atomic mass is 16.4. The molecule has 1 aliphatic rings. The highest BCUT2D eigenvalue weighted by Gasteiger charge is 2.24. The molecule has 0 spiro atoms. The van der Waals surface area contributed by atoms with Gasteiger partial charge in [-0.05, 0) is 43.0 Å². The first kappa shape index (κ1) is 18.9. The van der Waals surface area contributed by atoms with Crippen molar-refractivity contribution in [2.75, 3.05) is 19.6 Å². The quantitative estimate of drug-likeness (QED) is 0.710. The zero-order valence-electron chi connectivity index (χ0n) is 15.9. The maximum Gasteiger partial charge on any atom is 0.420 e. The summed E-state index contributed by atoms with van der Waals surface area (Å²) >= 11 is 0. The Hall–Kier alpha value is -3.42. The minimum atomic E-state index is -0.538. The summed E-state index contributed by atoms with van der Waals surface area (Å²) in [6.07, 6.45) is 4.88. The van der Waals surface area contributed by atoms with Crippen molar-refractivity contribution in [3.8, 4) is 0 Å². The molecule has 8 nitrogen and oxygen atoms in total. The van der Waals surface area contributed by atoms with E-state index in [0.29, 0.717) is 42.2 Å². The Bertz CT molecular complexity index is 1060. The average molecular weight is 394 g/mol. The van der Waals surface area contributed by atoms with Crippen molar-refractivity contribution in [3.05, 3.63) is 64.9 Å². The summed E-state index contributed by atoms with van der Waals surface area (Å²) < 4.78 is 6.49. The predicted octanol–water partition coefficient (Wildman–Crippen LogP) is 1.66. The van der Waals surface area contributed by atoms with E-state index in [2.05, 4.69) is 10.3 Å². The van der Waals surface area contributed by atoms with Crippen LogP contribution in [0.3, 0.4) is 0 Å². The highest BCUT2D eigenvalue weighted by Crippen LogP contribution is 2.18. The summed E-state index contributed by atoms with van der Waals surface area (Å²) in [7, 11) is 0. The van der Waals surface area contributed by atoms with Crippen LogP contribution in [0.25, 0.3) is 11.1 Å². The average Bonchev–Trinajstić information content (AvgIpc) is 3.08. The van der Waals surface area contributed by atoms with Gasteiger partial charge >= 0.3 is 5.76 Å². The fourth-order valence-electron chi connectivity index (χ4n) is 3.64. The van der Waals surface area contributed by atoms with E-state index in [4.69, 9.17) is 4.42 Å². The van der Waals surface area contributed by atoms with Crippen molar-refractivity contribution in [3.63, 3.8) is 0 Å². The number of pyridine rings is 1. The topological polar surface area (TPSA) is 97.4 Å². The zero-order chi connectivity index (χ0) is 20.2. The van der Waals surface area contributed by atoms with Gasteiger partial charge in [-0.1, -0.05) is 12.1 Å². The van der Waals surface area contributed by atoms with E-state index < -0.39 is 5.76 Å². The molecule has 0 saturated carbocycles. The van der Waals surface area contributed by atoms with Crippen molar-refractivity contribution in [2.24, 2.45) is 5.92 Å². The minimum Gasteiger partial charge on any atom is -0.408 e. The van der Waals surface area contributed by atoms with Crippen molar-refractivity contribution in [2.45, 2.75) is 19.4 Å². The number of nitrogens with zero attached hydrogens (tertiary/aromatic N) is 3. The van der Waals surface area contributed by atoms with E-state index in [1.807, 2.05) is 4.90 Å². The molecule has 0 aliphatic carbocycles. The molecule has 1 aromatic carbocycles. The Morgan fingerprint density at radius 1 is 1.10 bits per heavy atom. The van der Waals surface area contributed by atoms with Crippen LogP contribution in [0.1, 0.15) is 23.2 Å². The van der Waals surface area contributed by atoms with Crippen LogP contribution >= 0.6 is 0 Å². The first-order chi connectivity index (χ1) is 14.1. The summed E-state index contributed by atoms with van der Waals surface area (Å²) in [4.78, 5) is 42.5. The number of oxazole rings is 1. The largest absolute Gasteiger partial charge is 0.420 e. The molecule has 2 aromatic heterocycles. The number of fused-ring (bicyclic) bond motifs is 1. The van der Waals surface area contributed by atoms with Crippen LogP contribution in [-0.4, -0.2) is 45.9 Å². The normalized spacial score (nSPS) is 14.8. The van der Waals surface area contributed by atoms with Gasteiger partial charge in [-0.3, -0.25) is 19.1 Å². The minimum absolute atomic E-state index is 0.0149. The molecule has 3 heterocycles. The molecule has 0 unspecified atom stereocenters. The lowest BCUT2D eigenvalue weighted by atomic mass is 9.96. The maximum atomic E-state index is 12.5. The van der Waals surface area contributed by atoms with Crippen LogP contribution in [0.2, 0.25) is 0 Å². The number of piperidine rings is 1. The van der Waals surface area contributed by atoms with Crippen LogP contribution in [0.4, 0.5) is 0 Å². The fraction of sp³-hybridized carbons (Fsp3) is 0.333. The number of carbonyl (C=O) groups is 2. The summed E-state index contributed by atoms with van der Waals surface area (Å²) in [6, 6.07) is 10.5. The van der Waals surface area contributed by atoms with Gasteiger partial charge in [0.15, 0.2) is 5.58 Å². The van der Waals surface area contributed by atoms with E-state index in [1.54, 1.807) is 48.8 Å². The standard InChI is InChI=1S/C21H22N4O4/c26-19(14-25-17-3-1-2-4-18(17)29-21(25)28)23-13-15-7-11-24(12-8-15)20(27)16-5-9-22-10-6-16/h1-6,9-10,15H,7-8,11-14H2,(H,23,26). The van der Waals surface area contributed by atoms with Crippen LogP contribution in [-0.2, 0) is 11.3 Å². The summed E-state index contributed by atoms with van der Waals surface area (Å²) in [5.41, 5.74) is 1.72. The monoisotopic (exact) mass is 394 g/mol. The summed E-state index contributed by atoms with van der Waals surface area (Å²) in [6.45, 7) is 1.77. The van der Waals surface area contributed by atoms with Crippen molar-refractivity contribution in [1.82, 2.24) is 19.8 Å². The number of para-hydroxylation sites is 2. The lowest BCUT2D eigenvalue weighted by Crippen LogP contribution is -2.42. The van der Waals surface area contributed by atoms with E-state index in [1.165, 1.54) is 4.57 Å². The van der Waals surface area contributed by atoms with E-state index in [9.17, 15) is 14.4 Å². The van der Waals surface area contributed by atoms with Crippen LogP contribution in [0, 0.1) is 5.92 Å². The van der Waals surface area contributed by atoms with Gasteiger partial charge in [-0.25, -0.2) is 4.79 Å². The number of rotatable bonds is 5. The molecular formula is C21H22N4O4. The summed E-state index contributed by atoms with van der Waals surface area (Å²) in [5.74, 6) is -0.447. The third-order valence-electron chi connectivity index (χ3n) is 5.29. The molecule has 0 atom stereocenters. The lowest BCUT2D eigenvalue weighted by molar-refractivity contribution is -0.121. The first-order valence-electron chi connectivity index (χ1n) is 9.66. The first-order valence-corrected chi connectivity index (χ1v) is 9.66. The number of amides is 2. The number of aromatic nitrogens is 2. The third kappa shape index (κ3) is 4.21. The van der Waals surface area contributed by atoms with Gasteiger partial charge in [-0.2, -0.15) is 0 Å². The number of benzene rings is 1. The lowest BCUT2D eigenvalue weighted by Gasteiger charge is -2.32. The summed E-state index contributed by atoms with van der Waals surface area (Å²) in [5, 5.41) is 2.91. The van der Waals surface area contributed by atoms with Crippen LogP contribution < -0.4 is 11.1 Å². The second kappa shape index (κ2) is 8.30. The molecule has 1 aliphatic heterocycles. The van der Waals surface area contributed by atoms with Gasteiger partial charge in [0.1, 0.15) is 6.54 Å². The number of hydrogen-bond acceptors (Lipinski definition) is 5. The van der Waals surface area contributed by atoms with Gasteiger partial charge < -0.3 is 14.6 Å². The van der Waals surface area contributed by atoms with Crippen molar-refractivity contribution < 1.29 is 14.0 Å². The molecule has 0 bridgehead atoms. The van der Waals surface area contributed by atoms with Gasteiger partial charge in [0, 0.05) is 37.6 Å². The molecule has 8 heteroatoms. The van der Waals surface area contributed by atoms with E-state index >= 15 is 0 Å². The SMILES string of the molecule is O=C(Cn1c(=O)oc2ccccc21)NCC1CCN(C(=O)c2ccncc2)CC1. The molecule has 4 rings (SSSR count). The molecule has 0 radical (unpaired) electrons. The molecular weight excluding hydrogens is 372 g/mol. The van der Waals surface area contributed by atoms with E-state index in [-0.39, 0.29) is 18.4 Å². The van der Waals surface area contributed by atoms with Crippen molar-refractivity contribution in [1.29, 1.82) is 0 Å².